The van der Waals surface area contributed by atoms with E-state index in [1.807, 2.05) is 50.4 Å². The van der Waals surface area contributed by atoms with Crippen molar-refractivity contribution >= 4 is 28.6 Å². The van der Waals surface area contributed by atoms with Crippen molar-refractivity contribution in [3.63, 3.8) is 0 Å². The molecular formula is C12H14OS2. The third-order valence-corrected chi connectivity index (χ3v) is 4.33. The molecule has 0 saturated carbocycles. The molecule has 0 aromatic heterocycles. The molecule has 1 nitrogen and oxygen atoms in total. The molecule has 3 heteroatoms. The molecule has 0 spiro atoms. The quantitative estimate of drug-likeness (QED) is 0.786. The highest BCUT2D eigenvalue weighted by Crippen LogP contribution is 2.31. The van der Waals surface area contributed by atoms with Crippen LogP contribution in [-0.2, 0) is 0 Å². The maximum Gasteiger partial charge on any atom is 0.224 e. The second-order valence-electron chi connectivity index (χ2n) is 3.25. The van der Waals surface area contributed by atoms with E-state index in [2.05, 4.69) is 0 Å². The second-order valence-corrected chi connectivity index (χ2v) is 5.31. The lowest BCUT2D eigenvalue weighted by molar-refractivity contribution is 0.108. The highest BCUT2D eigenvalue weighted by molar-refractivity contribution is 8.29. The highest BCUT2D eigenvalue weighted by atomic mass is 32.2. The number of hydrogen-bond donors (Lipinski definition) is 0. The molecule has 1 aromatic carbocycles. The number of benzene rings is 1. The van der Waals surface area contributed by atoms with Gasteiger partial charge in [0.1, 0.15) is 0 Å². The minimum atomic E-state index is 0.112. The van der Waals surface area contributed by atoms with Crippen molar-refractivity contribution in [2.45, 2.75) is 13.8 Å². The van der Waals surface area contributed by atoms with Crippen LogP contribution in [-0.4, -0.2) is 11.4 Å². The molecule has 0 bridgehead atoms. The van der Waals surface area contributed by atoms with Crippen LogP contribution in [0.5, 0.6) is 0 Å². The summed E-state index contributed by atoms with van der Waals surface area (Å²) in [6, 6.07) is 9.37. The number of rotatable bonds is 3. The standard InChI is InChI=1S/C12H14OS2/c1-9(2)12(14-3)15-11(13)10-7-5-4-6-8-10/h4-8H,1-3H3. The van der Waals surface area contributed by atoms with Crippen molar-refractivity contribution in [2.75, 3.05) is 6.26 Å². The maximum atomic E-state index is 11.8. The van der Waals surface area contributed by atoms with Crippen molar-refractivity contribution < 1.29 is 4.79 Å². The lowest BCUT2D eigenvalue weighted by Crippen LogP contribution is -1.92. The van der Waals surface area contributed by atoms with E-state index in [4.69, 9.17) is 0 Å². The molecule has 0 atom stereocenters. The average molecular weight is 238 g/mol. The van der Waals surface area contributed by atoms with Gasteiger partial charge in [-0.05, 0) is 31.9 Å². The molecule has 0 N–H and O–H groups in total. The summed E-state index contributed by atoms with van der Waals surface area (Å²) in [5, 5.41) is 0.112. The van der Waals surface area contributed by atoms with E-state index >= 15 is 0 Å². The van der Waals surface area contributed by atoms with Gasteiger partial charge >= 0.3 is 0 Å². The summed E-state index contributed by atoms with van der Waals surface area (Å²) in [5.74, 6) is 0. The number of carbonyl (C=O) groups is 1. The Morgan fingerprint density at radius 1 is 1.13 bits per heavy atom. The van der Waals surface area contributed by atoms with Gasteiger partial charge < -0.3 is 0 Å². The van der Waals surface area contributed by atoms with E-state index in [1.54, 1.807) is 11.8 Å². The van der Waals surface area contributed by atoms with E-state index in [0.717, 1.165) is 9.80 Å². The third kappa shape index (κ3) is 3.76. The Hall–Kier alpha value is -0.670. The molecule has 0 amide bonds. The first kappa shape index (κ1) is 12.4. The molecule has 0 unspecified atom stereocenters. The molecule has 0 heterocycles. The van der Waals surface area contributed by atoms with Gasteiger partial charge in [0.2, 0.25) is 5.12 Å². The van der Waals surface area contributed by atoms with E-state index in [-0.39, 0.29) is 5.12 Å². The lowest BCUT2D eigenvalue weighted by atomic mass is 10.2. The summed E-state index contributed by atoms with van der Waals surface area (Å²) >= 11 is 2.93. The summed E-state index contributed by atoms with van der Waals surface area (Å²) in [6.07, 6.45) is 1.99. The largest absolute Gasteiger partial charge is 0.281 e. The lowest BCUT2D eigenvalue weighted by Gasteiger charge is -2.04. The fraction of sp³-hybridized carbons (Fsp3) is 0.250. The smallest absolute Gasteiger partial charge is 0.224 e. The van der Waals surface area contributed by atoms with E-state index in [0.29, 0.717) is 0 Å². The molecule has 0 saturated heterocycles. The van der Waals surface area contributed by atoms with Crippen molar-refractivity contribution in [2.24, 2.45) is 0 Å². The Kier molecular flexibility index (Phi) is 4.99. The average Bonchev–Trinajstić information content (AvgIpc) is 2.26. The molecular weight excluding hydrogens is 224 g/mol. The molecule has 0 radical (unpaired) electrons. The van der Waals surface area contributed by atoms with Crippen molar-refractivity contribution in [3.05, 3.63) is 45.7 Å². The fourth-order valence-electron chi connectivity index (χ4n) is 1.07. The zero-order chi connectivity index (χ0) is 11.3. The number of allylic oxidation sites excluding steroid dienone is 1. The second kappa shape index (κ2) is 6.03. The summed E-state index contributed by atoms with van der Waals surface area (Å²) in [5.41, 5.74) is 1.95. The molecule has 0 aliphatic rings. The molecule has 1 rings (SSSR count). The molecule has 0 aliphatic heterocycles. The van der Waals surface area contributed by atoms with Crippen LogP contribution in [0, 0.1) is 0 Å². The van der Waals surface area contributed by atoms with Crippen LogP contribution in [0.3, 0.4) is 0 Å². The van der Waals surface area contributed by atoms with Gasteiger partial charge in [0.25, 0.3) is 0 Å². The Bertz CT molecular complexity index is 364. The van der Waals surface area contributed by atoms with E-state index < -0.39 is 0 Å². The first-order valence-corrected chi connectivity index (χ1v) is 6.68. The van der Waals surface area contributed by atoms with Crippen molar-refractivity contribution in [1.82, 2.24) is 0 Å². The van der Waals surface area contributed by atoms with Crippen LogP contribution in [0.4, 0.5) is 0 Å². The van der Waals surface area contributed by atoms with Gasteiger partial charge in [-0.1, -0.05) is 35.9 Å². The minimum Gasteiger partial charge on any atom is -0.281 e. The van der Waals surface area contributed by atoms with Crippen LogP contribution in [0.25, 0.3) is 0 Å². The zero-order valence-electron chi connectivity index (χ0n) is 9.11. The Morgan fingerprint density at radius 3 is 2.20 bits per heavy atom. The number of carbonyl (C=O) groups excluding carboxylic acids is 1. The van der Waals surface area contributed by atoms with Gasteiger partial charge in [0, 0.05) is 9.80 Å². The predicted octanol–water partition coefficient (Wildman–Crippen LogP) is 4.17. The van der Waals surface area contributed by atoms with Crippen LogP contribution in [0.2, 0.25) is 0 Å². The highest BCUT2D eigenvalue weighted by Gasteiger charge is 2.09. The summed E-state index contributed by atoms with van der Waals surface area (Å²) in [4.78, 5) is 11.8. The summed E-state index contributed by atoms with van der Waals surface area (Å²) in [6.45, 7) is 4.05. The topological polar surface area (TPSA) is 17.1 Å². The van der Waals surface area contributed by atoms with Crippen LogP contribution in [0.15, 0.2) is 40.1 Å². The van der Waals surface area contributed by atoms with Crippen LogP contribution in [0.1, 0.15) is 24.2 Å². The van der Waals surface area contributed by atoms with Gasteiger partial charge in [0.05, 0.1) is 0 Å². The number of thioether (sulfide) groups is 2. The minimum absolute atomic E-state index is 0.112. The van der Waals surface area contributed by atoms with E-state index in [9.17, 15) is 4.79 Å². The molecule has 15 heavy (non-hydrogen) atoms. The Morgan fingerprint density at radius 2 is 1.73 bits per heavy atom. The van der Waals surface area contributed by atoms with Crippen molar-refractivity contribution in [3.8, 4) is 0 Å². The molecule has 0 fully saturated rings. The molecule has 1 aromatic rings. The van der Waals surface area contributed by atoms with Gasteiger partial charge in [-0.25, -0.2) is 0 Å². The van der Waals surface area contributed by atoms with Gasteiger partial charge in [-0.2, -0.15) is 0 Å². The monoisotopic (exact) mass is 238 g/mol. The predicted molar refractivity (Wildman–Crippen MR) is 70.3 cm³/mol. The van der Waals surface area contributed by atoms with E-state index in [1.165, 1.54) is 17.3 Å². The Balaban J connectivity index is 2.77. The maximum absolute atomic E-state index is 11.8. The van der Waals surface area contributed by atoms with Crippen LogP contribution >= 0.6 is 23.5 Å². The first-order valence-electron chi connectivity index (χ1n) is 4.64. The zero-order valence-corrected chi connectivity index (χ0v) is 10.7. The van der Waals surface area contributed by atoms with Crippen LogP contribution < -0.4 is 0 Å². The third-order valence-electron chi connectivity index (χ3n) is 1.79. The number of hydrogen-bond acceptors (Lipinski definition) is 3. The van der Waals surface area contributed by atoms with Crippen molar-refractivity contribution in [1.29, 1.82) is 0 Å². The summed E-state index contributed by atoms with van der Waals surface area (Å²) < 4.78 is 1.09. The fourth-order valence-corrected chi connectivity index (χ4v) is 2.66. The Labute approximate surface area is 99.3 Å². The first-order chi connectivity index (χ1) is 7.15. The normalized spacial score (nSPS) is 9.80. The molecule has 80 valence electrons. The van der Waals surface area contributed by atoms with Gasteiger partial charge in [0.15, 0.2) is 0 Å². The van der Waals surface area contributed by atoms with Gasteiger partial charge in [-0.3, -0.25) is 4.79 Å². The molecule has 0 aliphatic carbocycles. The summed E-state index contributed by atoms with van der Waals surface area (Å²) in [7, 11) is 0. The SMILES string of the molecule is CSC(SC(=O)c1ccccc1)=C(C)C. The van der Waals surface area contributed by atoms with Gasteiger partial charge in [-0.15, -0.1) is 11.8 Å².